The predicted molar refractivity (Wildman–Crippen MR) is 75.7 cm³/mol. The summed E-state index contributed by atoms with van der Waals surface area (Å²) >= 11 is 1.82. The SMILES string of the molecule is CO[C@]1(CNC(=O)c2cccn(C)c2=O)CCSC1. The molecule has 1 N–H and O–H groups in total. The van der Waals surface area contributed by atoms with E-state index in [0.29, 0.717) is 6.54 Å². The van der Waals surface area contributed by atoms with E-state index in [1.54, 1.807) is 32.5 Å². The first kappa shape index (κ1) is 14.1. The van der Waals surface area contributed by atoms with E-state index in [2.05, 4.69) is 5.32 Å². The van der Waals surface area contributed by atoms with Crippen molar-refractivity contribution < 1.29 is 9.53 Å². The summed E-state index contributed by atoms with van der Waals surface area (Å²) in [6.45, 7) is 0.438. The highest BCUT2D eigenvalue weighted by atomic mass is 32.2. The fourth-order valence-electron chi connectivity index (χ4n) is 2.07. The van der Waals surface area contributed by atoms with Crippen LogP contribution in [0.1, 0.15) is 16.8 Å². The summed E-state index contributed by atoms with van der Waals surface area (Å²) in [4.78, 5) is 23.9. The van der Waals surface area contributed by atoms with E-state index in [4.69, 9.17) is 4.74 Å². The van der Waals surface area contributed by atoms with Crippen LogP contribution in [0, 0.1) is 0 Å². The van der Waals surface area contributed by atoms with E-state index in [0.717, 1.165) is 17.9 Å². The first-order chi connectivity index (χ1) is 9.08. The van der Waals surface area contributed by atoms with Crippen molar-refractivity contribution in [2.24, 2.45) is 7.05 Å². The van der Waals surface area contributed by atoms with Gasteiger partial charge in [0.25, 0.3) is 11.5 Å². The molecule has 1 fully saturated rings. The smallest absolute Gasteiger partial charge is 0.263 e. The summed E-state index contributed by atoms with van der Waals surface area (Å²) in [6.07, 6.45) is 2.55. The van der Waals surface area contributed by atoms with Gasteiger partial charge in [0.1, 0.15) is 5.56 Å². The summed E-state index contributed by atoms with van der Waals surface area (Å²) < 4.78 is 6.92. The number of nitrogens with one attached hydrogen (secondary N) is 1. The molecule has 5 nitrogen and oxygen atoms in total. The zero-order valence-corrected chi connectivity index (χ0v) is 12.0. The monoisotopic (exact) mass is 282 g/mol. The first-order valence-electron chi connectivity index (χ1n) is 6.15. The van der Waals surface area contributed by atoms with Gasteiger partial charge in [-0.05, 0) is 24.3 Å². The van der Waals surface area contributed by atoms with Crippen LogP contribution in [0.25, 0.3) is 0 Å². The molecule has 0 bridgehead atoms. The number of thioether (sulfide) groups is 1. The van der Waals surface area contributed by atoms with E-state index in [1.165, 1.54) is 4.57 Å². The third kappa shape index (κ3) is 3.01. The minimum absolute atomic E-state index is 0.168. The molecule has 1 amide bonds. The fourth-order valence-corrected chi connectivity index (χ4v) is 3.46. The lowest BCUT2D eigenvalue weighted by Gasteiger charge is -2.26. The average Bonchev–Trinajstić information content (AvgIpc) is 2.89. The average molecular weight is 282 g/mol. The number of nitrogens with zero attached hydrogens (tertiary/aromatic N) is 1. The van der Waals surface area contributed by atoms with Crippen molar-refractivity contribution in [2.75, 3.05) is 25.2 Å². The zero-order chi connectivity index (χ0) is 13.9. The zero-order valence-electron chi connectivity index (χ0n) is 11.1. The van der Waals surface area contributed by atoms with E-state index in [-0.39, 0.29) is 22.6 Å². The van der Waals surface area contributed by atoms with Gasteiger partial charge in [0.05, 0.1) is 5.60 Å². The number of carbonyl (C=O) groups is 1. The molecule has 1 aliphatic rings. The van der Waals surface area contributed by atoms with E-state index < -0.39 is 0 Å². The molecule has 2 rings (SSSR count). The quantitative estimate of drug-likeness (QED) is 0.880. The molecule has 104 valence electrons. The van der Waals surface area contributed by atoms with Gasteiger partial charge in [0.2, 0.25) is 0 Å². The normalized spacial score (nSPS) is 22.4. The van der Waals surface area contributed by atoms with Gasteiger partial charge in [0.15, 0.2) is 0 Å². The standard InChI is InChI=1S/C13H18N2O3S/c1-15-6-3-4-10(12(15)17)11(16)14-8-13(18-2)5-7-19-9-13/h3-4,6H,5,7-9H2,1-2H3,(H,14,16)/t13-/m0/s1. The van der Waals surface area contributed by atoms with Crippen molar-refractivity contribution in [1.82, 2.24) is 9.88 Å². The number of rotatable bonds is 4. The summed E-state index contributed by atoms with van der Waals surface area (Å²) in [6, 6.07) is 3.23. The van der Waals surface area contributed by atoms with Crippen molar-refractivity contribution >= 4 is 17.7 Å². The third-order valence-corrected chi connectivity index (χ3v) is 4.66. The van der Waals surface area contributed by atoms with Crippen molar-refractivity contribution in [3.63, 3.8) is 0 Å². The molecule has 1 aromatic heterocycles. The van der Waals surface area contributed by atoms with E-state index >= 15 is 0 Å². The number of hydrogen-bond donors (Lipinski definition) is 1. The topological polar surface area (TPSA) is 60.3 Å². The van der Waals surface area contributed by atoms with Crippen molar-refractivity contribution in [1.29, 1.82) is 0 Å². The molecule has 6 heteroatoms. The minimum atomic E-state index is -0.338. The molecule has 0 aromatic carbocycles. The summed E-state index contributed by atoms with van der Waals surface area (Å²) in [5, 5.41) is 2.81. The third-order valence-electron chi connectivity index (χ3n) is 3.44. The maximum Gasteiger partial charge on any atom is 0.263 e. The Labute approximate surface area is 116 Å². The molecular formula is C13H18N2O3S. The Morgan fingerprint density at radius 2 is 2.42 bits per heavy atom. The van der Waals surface area contributed by atoms with Gasteiger partial charge < -0.3 is 14.6 Å². The van der Waals surface area contributed by atoms with Gasteiger partial charge in [-0.2, -0.15) is 11.8 Å². The second-order valence-electron chi connectivity index (χ2n) is 4.71. The Bertz CT molecular complexity index is 521. The van der Waals surface area contributed by atoms with Crippen LogP contribution in [0.15, 0.2) is 23.1 Å². The van der Waals surface area contributed by atoms with Crippen molar-refractivity contribution in [2.45, 2.75) is 12.0 Å². The molecule has 1 atom stereocenters. The number of amides is 1. The van der Waals surface area contributed by atoms with E-state index in [9.17, 15) is 9.59 Å². The van der Waals surface area contributed by atoms with Crippen molar-refractivity contribution in [3.8, 4) is 0 Å². The molecule has 19 heavy (non-hydrogen) atoms. The summed E-state index contributed by atoms with van der Waals surface area (Å²) in [5.41, 5.74) is -0.408. The Hall–Kier alpha value is -1.27. The maximum atomic E-state index is 12.0. The van der Waals surface area contributed by atoms with E-state index in [1.807, 2.05) is 11.8 Å². The maximum absolute atomic E-state index is 12.0. The van der Waals surface area contributed by atoms with Gasteiger partial charge in [0, 0.05) is 32.7 Å². The Morgan fingerprint density at radius 1 is 1.63 bits per heavy atom. The van der Waals surface area contributed by atoms with Gasteiger partial charge in [-0.25, -0.2) is 0 Å². The lowest BCUT2D eigenvalue weighted by atomic mass is 10.0. The largest absolute Gasteiger partial charge is 0.376 e. The second-order valence-corrected chi connectivity index (χ2v) is 5.82. The Morgan fingerprint density at radius 3 is 3.05 bits per heavy atom. The number of aromatic nitrogens is 1. The molecule has 0 saturated carbocycles. The number of aryl methyl sites for hydroxylation is 1. The van der Waals surface area contributed by atoms with Crippen LogP contribution in [0.4, 0.5) is 0 Å². The van der Waals surface area contributed by atoms with Crippen molar-refractivity contribution in [3.05, 3.63) is 34.2 Å². The molecular weight excluding hydrogens is 264 g/mol. The number of methoxy groups -OCH3 is 1. The number of carbonyl (C=O) groups excluding carboxylic acids is 1. The van der Waals surface area contributed by atoms with Crippen LogP contribution in [0.5, 0.6) is 0 Å². The first-order valence-corrected chi connectivity index (χ1v) is 7.30. The highest BCUT2D eigenvalue weighted by Gasteiger charge is 2.34. The summed E-state index contributed by atoms with van der Waals surface area (Å²) in [7, 11) is 3.29. The van der Waals surface area contributed by atoms with Crippen LogP contribution in [0.3, 0.4) is 0 Å². The van der Waals surface area contributed by atoms with Crippen LogP contribution in [-0.4, -0.2) is 41.2 Å². The van der Waals surface area contributed by atoms with Crippen LogP contribution in [0.2, 0.25) is 0 Å². The van der Waals surface area contributed by atoms with Gasteiger partial charge in [-0.1, -0.05) is 0 Å². The molecule has 0 aliphatic carbocycles. The highest BCUT2D eigenvalue weighted by molar-refractivity contribution is 7.99. The predicted octanol–water partition coefficient (Wildman–Crippen LogP) is 0.637. The molecule has 1 saturated heterocycles. The van der Waals surface area contributed by atoms with Gasteiger partial charge >= 0.3 is 0 Å². The molecule has 1 aromatic rings. The Kier molecular flexibility index (Phi) is 4.31. The van der Waals surface area contributed by atoms with Gasteiger partial charge in [-0.15, -0.1) is 0 Å². The number of ether oxygens (including phenoxy) is 1. The minimum Gasteiger partial charge on any atom is -0.376 e. The molecule has 2 heterocycles. The molecule has 0 unspecified atom stereocenters. The highest BCUT2D eigenvalue weighted by Crippen LogP contribution is 2.30. The van der Waals surface area contributed by atoms with Crippen LogP contribution >= 0.6 is 11.8 Å². The fraction of sp³-hybridized carbons (Fsp3) is 0.538. The Balaban J connectivity index is 2.05. The summed E-state index contributed by atoms with van der Waals surface area (Å²) in [5.74, 6) is 1.57. The molecule has 1 aliphatic heterocycles. The van der Waals surface area contributed by atoms with Crippen LogP contribution < -0.4 is 10.9 Å². The second kappa shape index (κ2) is 5.79. The lowest BCUT2D eigenvalue weighted by Crippen LogP contribution is -2.45. The number of hydrogen-bond acceptors (Lipinski definition) is 4. The molecule has 0 radical (unpaired) electrons. The number of pyridine rings is 1. The molecule has 0 spiro atoms. The van der Waals surface area contributed by atoms with Crippen LogP contribution in [-0.2, 0) is 11.8 Å². The van der Waals surface area contributed by atoms with Gasteiger partial charge in [-0.3, -0.25) is 9.59 Å². The lowest BCUT2D eigenvalue weighted by molar-refractivity contribution is 0.0137.